The predicted molar refractivity (Wildman–Crippen MR) is 110 cm³/mol. The zero-order valence-electron chi connectivity index (χ0n) is 16.3. The summed E-state index contributed by atoms with van der Waals surface area (Å²) in [6.07, 6.45) is 0.625. The number of amides is 1. The molecule has 0 aromatic heterocycles. The highest BCUT2D eigenvalue weighted by atomic mass is 32.2. The molecule has 2 aliphatic heterocycles. The van der Waals surface area contributed by atoms with Crippen molar-refractivity contribution in [1.82, 2.24) is 4.90 Å². The fraction of sp³-hybridized carbons (Fsp3) is 0.381. The Hall–Kier alpha value is -2.74. The molecule has 7 nitrogen and oxygen atoms in total. The molecule has 1 fully saturated rings. The predicted octanol–water partition coefficient (Wildman–Crippen LogP) is 2.66. The molecular weight excluding hydrogens is 392 g/mol. The monoisotopic (exact) mass is 416 g/mol. The molecule has 2 aromatic carbocycles. The van der Waals surface area contributed by atoms with Gasteiger partial charge in [-0.05, 0) is 43.7 Å². The number of carbonyl (C=O) groups is 1. The van der Waals surface area contributed by atoms with Gasteiger partial charge in [0.05, 0.1) is 11.4 Å². The molecule has 0 radical (unpaired) electrons. The molecule has 4 rings (SSSR count). The fourth-order valence-electron chi connectivity index (χ4n) is 3.67. The van der Waals surface area contributed by atoms with Crippen LogP contribution < -0.4 is 13.8 Å². The summed E-state index contributed by atoms with van der Waals surface area (Å²) in [5.41, 5.74) is 2.02. The van der Waals surface area contributed by atoms with Crippen LogP contribution in [-0.4, -0.2) is 51.3 Å². The summed E-state index contributed by atoms with van der Waals surface area (Å²) in [4.78, 5) is 14.8. The summed E-state index contributed by atoms with van der Waals surface area (Å²) in [6, 6.07) is 12.5. The number of fused-ring (bicyclic) bond motifs is 1. The largest absolute Gasteiger partial charge is 0.486 e. The Morgan fingerprint density at radius 3 is 2.55 bits per heavy atom. The van der Waals surface area contributed by atoms with Gasteiger partial charge in [-0.3, -0.25) is 9.10 Å². The van der Waals surface area contributed by atoms with Crippen molar-refractivity contribution < 1.29 is 22.7 Å². The second-order valence-corrected chi connectivity index (χ2v) is 9.06. The number of hydrogen-bond donors (Lipinski definition) is 0. The zero-order valence-corrected chi connectivity index (χ0v) is 17.2. The van der Waals surface area contributed by atoms with Crippen molar-refractivity contribution in [3.63, 3.8) is 0 Å². The number of anilines is 1. The van der Waals surface area contributed by atoms with Crippen LogP contribution in [0.5, 0.6) is 11.5 Å². The van der Waals surface area contributed by atoms with Crippen LogP contribution in [0.25, 0.3) is 0 Å². The first-order valence-corrected chi connectivity index (χ1v) is 11.4. The summed E-state index contributed by atoms with van der Waals surface area (Å²) in [7, 11) is -3.23. The lowest BCUT2D eigenvalue weighted by molar-refractivity contribution is 0.0749. The van der Waals surface area contributed by atoms with E-state index in [9.17, 15) is 13.2 Å². The van der Waals surface area contributed by atoms with Gasteiger partial charge >= 0.3 is 0 Å². The van der Waals surface area contributed by atoms with Gasteiger partial charge in [0.25, 0.3) is 5.91 Å². The number of hydrogen-bond acceptors (Lipinski definition) is 5. The summed E-state index contributed by atoms with van der Waals surface area (Å²) < 4.78 is 37.0. The highest BCUT2D eigenvalue weighted by Crippen LogP contribution is 2.34. The number of ether oxygens (including phenoxy) is 2. The van der Waals surface area contributed by atoms with Crippen LogP contribution in [0.15, 0.2) is 42.5 Å². The Morgan fingerprint density at radius 2 is 1.86 bits per heavy atom. The van der Waals surface area contributed by atoms with Crippen molar-refractivity contribution in [2.45, 2.75) is 19.9 Å². The van der Waals surface area contributed by atoms with Gasteiger partial charge in [-0.15, -0.1) is 0 Å². The number of carbonyl (C=O) groups excluding carboxylic acids is 1. The summed E-state index contributed by atoms with van der Waals surface area (Å²) >= 11 is 0. The van der Waals surface area contributed by atoms with Crippen LogP contribution >= 0.6 is 0 Å². The van der Waals surface area contributed by atoms with Gasteiger partial charge in [-0.25, -0.2) is 8.42 Å². The molecule has 0 atom stereocenters. The van der Waals surface area contributed by atoms with Crippen LogP contribution in [0.2, 0.25) is 0 Å². The van der Waals surface area contributed by atoms with Crippen molar-refractivity contribution >= 4 is 21.6 Å². The van der Waals surface area contributed by atoms with E-state index in [1.54, 1.807) is 29.2 Å². The van der Waals surface area contributed by atoms with E-state index in [1.165, 1.54) is 4.31 Å². The molecule has 2 aromatic rings. The lowest BCUT2D eigenvalue weighted by Gasteiger charge is -2.25. The van der Waals surface area contributed by atoms with Gasteiger partial charge in [-0.1, -0.05) is 12.1 Å². The molecule has 0 spiro atoms. The van der Waals surface area contributed by atoms with E-state index in [0.29, 0.717) is 62.0 Å². The SMILES string of the molecule is CCN(Cc1cccc2c1OCCO2)C(=O)c1ccc(N2CCCS2(=O)=O)cc1. The normalized spacial score (nSPS) is 17.2. The Labute approximate surface area is 170 Å². The molecule has 0 aliphatic carbocycles. The first-order valence-electron chi connectivity index (χ1n) is 9.77. The Bertz CT molecular complexity index is 1000. The summed E-state index contributed by atoms with van der Waals surface area (Å²) in [5.74, 6) is 1.45. The molecule has 154 valence electrons. The minimum absolute atomic E-state index is 0.113. The van der Waals surface area contributed by atoms with E-state index in [0.717, 1.165) is 5.56 Å². The number of rotatable bonds is 5. The lowest BCUT2D eigenvalue weighted by Crippen LogP contribution is -2.31. The molecule has 2 aliphatic rings. The van der Waals surface area contributed by atoms with E-state index in [1.807, 2.05) is 25.1 Å². The molecule has 1 amide bonds. The van der Waals surface area contributed by atoms with Crippen LogP contribution in [0.4, 0.5) is 5.69 Å². The van der Waals surface area contributed by atoms with Gasteiger partial charge in [0, 0.05) is 30.8 Å². The molecule has 0 bridgehead atoms. The fourth-order valence-corrected chi connectivity index (χ4v) is 5.24. The van der Waals surface area contributed by atoms with E-state index in [2.05, 4.69) is 0 Å². The van der Waals surface area contributed by atoms with Gasteiger partial charge in [0.2, 0.25) is 10.0 Å². The Kier molecular flexibility index (Phi) is 5.36. The van der Waals surface area contributed by atoms with Crippen molar-refractivity contribution in [2.75, 3.05) is 36.4 Å². The minimum Gasteiger partial charge on any atom is -0.486 e. The van der Waals surface area contributed by atoms with Gasteiger partial charge in [-0.2, -0.15) is 0 Å². The molecule has 0 unspecified atom stereocenters. The second-order valence-electron chi connectivity index (χ2n) is 7.05. The van der Waals surface area contributed by atoms with Crippen LogP contribution in [0.3, 0.4) is 0 Å². The average molecular weight is 416 g/mol. The third kappa shape index (κ3) is 3.89. The molecule has 1 saturated heterocycles. The third-order valence-corrected chi connectivity index (χ3v) is 7.05. The molecular formula is C21H24N2O5S. The molecule has 29 heavy (non-hydrogen) atoms. The van der Waals surface area contributed by atoms with Crippen LogP contribution in [0, 0.1) is 0 Å². The maximum absolute atomic E-state index is 13.0. The van der Waals surface area contributed by atoms with Crippen molar-refractivity contribution in [1.29, 1.82) is 0 Å². The van der Waals surface area contributed by atoms with Crippen molar-refractivity contribution in [3.05, 3.63) is 53.6 Å². The van der Waals surface area contributed by atoms with Crippen LogP contribution in [0.1, 0.15) is 29.3 Å². The van der Waals surface area contributed by atoms with Gasteiger partial charge < -0.3 is 14.4 Å². The van der Waals surface area contributed by atoms with Crippen LogP contribution in [-0.2, 0) is 16.6 Å². The highest BCUT2D eigenvalue weighted by Gasteiger charge is 2.28. The van der Waals surface area contributed by atoms with E-state index in [-0.39, 0.29) is 11.7 Å². The Morgan fingerprint density at radius 1 is 1.10 bits per heavy atom. The zero-order chi connectivity index (χ0) is 20.4. The summed E-state index contributed by atoms with van der Waals surface area (Å²) in [5, 5.41) is 0. The molecule has 0 N–H and O–H groups in total. The third-order valence-electron chi connectivity index (χ3n) is 5.18. The Balaban J connectivity index is 1.52. The molecule has 8 heteroatoms. The van der Waals surface area contributed by atoms with E-state index in [4.69, 9.17) is 9.47 Å². The molecule has 2 heterocycles. The van der Waals surface area contributed by atoms with Crippen molar-refractivity contribution in [2.24, 2.45) is 0 Å². The topological polar surface area (TPSA) is 76.2 Å². The first-order chi connectivity index (χ1) is 14.0. The van der Waals surface area contributed by atoms with Crippen molar-refractivity contribution in [3.8, 4) is 11.5 Å². The first kappa shape index (κ1) is 19.6. The number of benzene rings is 2. The number of sulfonamides is 1. The van der Waals surface area contributed by atoms with E-state index < -0.39 is 10.0 Å². The van der Waals surface area contributed by atoms with Gasteiger partial charge in [0.1, 0.15) is 13.2 Å². The quantitative estimate of drug-likeness (QED) is 0.749. The number of para-hydroxylation sites is 1. The smallest absolute Gasteiger partial charge is 0.254 e. The standard InChI is InChI=1S/C21H24N2O5S/c1-2-22(15-17-5-3-6-19-20(17)28-13-12-27-19)21(24)16-7-9-18(10-8-16)23-11-4-14-29(23,25)26/h3,5-10H,2,4,11-15H2,1H3. The maximum Gasteiger partial charge on any atom is 0.254 e. The van der Waals surface area contributed by atoms with Gasteiger partial charge in [0.15, 0.2) is 11.5 Å². The summed E-state index contributed by atoms with van der Waals surface area (Å²) in [6.45, 7) is 4.36. The second kappa shape index (κ2) is 7.94. The lowest BCUT2D eigenvalue weighted by atomic mass is 10.1. The van der Waals surface area contributed by atoms with E-state index >= 15 is 0 Å². The molecule has 0 saturated carbocycles. The average Bonchev–Trinajstić information content (AvgIpc) is 3.10. The number of nitrogens with zero attached hydrogens (tertiary/aromatic N) is 2. The highest BCUT2D eigenvalue weighted by molar-refractivity contribution is 7.93. The maximum atomic E-state index is 13.0. The minimum atomic E-state index is -3.23.